The van der Waals surface area contributed by atoms with Crippen LogP contribution in [0, 0.1) is 13.8 Å². The van der Waals surface area contributed by atoms with Crippen LogP contribution in [0.25, 0.3) is 0 Å². The predicted molar refractivity (Wildman–Crippen MR) is 103 cm³/mol. The average molecular weight is 403 g/mol. The van der Waals surface area contributed by atoms with Gasteiger partial charge < -0.3 is 14.6 Å². The molecular formula is C18H21N5O4S. The largest absolute Gasteiger partial charge is 0.416 e. The number of carbonyl (C=O) groups is 3. The first-order valence-corrected chi connectivity index (χ1v) is 9.80. The lowest BCUT2D eigenvalue weighted by molar-refractivity contribution is -0.121. The van der Waals surface area contributed by atoms with Crippen LogP contribution < -0.4 is 10.6 Å². The van der Waals surface area contributed by atoms with Gasteiger partial charge in [-0.05, 0) is 37.1 Å². The Kier molecular flexibility index (Phi) is 6.30. The Morgan fingerprint density at radius 1 is 1.25 bits per heavy atom. The van der Waals surface area contributed by atoms with E-state index in [2.05, 4.69) is 20.8 Å². The van der Waals surface area contributed by atoms with Gasteiger partial charge in [0.05, 0.1) is 5.75 Å². The first kappa shape index (κ1) is 19.9. The van der Waals surface area contributed by atoms with Crippen molar-refractivity contribution >= 4 is 35.3 Å². The summed E-state index contributed by atoms with van der Waals surface area (Å²) in [7, 11) is 0. The molecule has 0 atom stereocenters. The molecule has 2 heterocycles. The van der Waals surface area contributed by atoms with Gasteiger partial charge in [0.25, 0.3) is 5.22 Å². The molecule has 4 amide bonds. The quantitative estimate of drug-likeness (QED) is 0.678. The van der Waals surface area contributed by atoms with E-state index in [4.69, 9.17) is 4.42 Å². The van der Waals surface area contributed by atoms with Crippen LogP contribution in [0.5, 0.6) is 0 Å². The number of anilines is 1. The number of hydrogen-bond donors (Lipinski definition) is 2. The highest BCUT2D eigenvalue weighted by Gasteiger charge is 2.23. The Balaban J connectivity index is 1.44. The highest BCUT2D eigenvalue weighted by atomic mass is 32.2. The van der Waals surface area contributed by atoms with Gasteiger partial charge in [0.15, 0.2) is 0 Å². The number of imide groups is 1. The second kappa shape index (κ2) is 8.87. The van der Waals surface area contributed by atoms with Gasteiger partial charge in [0.2, 0.25) is 17.7 Å². The van der Waals surface area contributed by atoms with Crippen molar-refractivity contribution < 1.29 is 18.8 Å². The molecule has 0 aliphatic carbocycles. The Labute approximate surface area is 166 Å². The van der Waals surface area contributed by atoms with E-state index in [1.807, 2.05) is 32.0 Å². The molecule has 10 heteroatoms. The molecular weight excluding hydrogens is 382 g/mol. The zero-order valence-electron chi connectivity index (χ0n) is 15.7. The second-order valence-electron chi connectivity index (χ2n) is 6.52. The lowest BCUT2D eigenvalue weighted by Crippen LogP contribution is -2.49. The second-order valence-corrected chi connectivity index (χ2v) is 7.44. The van der Waals surface area contributed by atoms with Gasteiger partial charge in [-0.3, -0.25) is 14.9 Å². The number of amides is 4. The number of nitrogens with zero attached hydrogens (tertiary/aromatic N) is 3. The maximum absolute atomic E-state index is 12.1. The monoisotopic (exact) mass is 403 g/mol. The number of hydrogen-bond acceptors (Lipinski definition) is 7. The van der Waals surface area contributed by atoms with Gasteiger partial charge in [-0.25, -0.2) is 4.79 Å². The van der Waals surface area contributed by atoms with Gasteiger partial charge in [-0.15, -0.1) is 10.2 Å². The summed E-state index contributed by atoms with van der Waals surface area (Å²) < 4.78 is 5.51. The molecule has 0 saturated carbocycles. The van der Waals surface area contributed by atoms with Gasteiger partial charge in [-0.2, -0.15) is 0 Å². The lowest BCUT2D eigenvalue weighted by Gasteiger charge is -2.25. The Morgan fingerprint density at radius 2 is 2.00 bits per heavy atom. The van der Waals surface area contributed by atoms with E-state index in [9.17, 15) is 14.4 Å². The number of benzene rings is 1. The molecule has 148 valence electrons. The van der Waals surface area contributed by atoms with Crippen LogP contribution in [0.4, 0.5) is 10.5 Å². The van der Waals surface area contributed by atoms with Crippen molar-refractivity contribution in [3.63, 3.8) is 0 Å². The third-order valence-corrected chi connectivity index (χ3v) is 4.84. The SMILES string of the molecule is Cc1cc(C)cc(NC(=O)CSc2nnc(CCN3CCC(=O)NC3=O)o2)c1. The van der Waals surface area contributed by atoms with E-state index in [0.717, 1.165) is 28.6 Å². The third-order valence-electron chi connectivity index (χ3n) is 4.02. The molecule has 0 unspecified atom stereocenters. The van der Waals surface area contributed by atoms with E-state index in [1.54, 1.807) is 0 Å². The first-order chi connectivity index (χ1) is 13.4. The van der Waals surface area contributed by atoms with Crippen LogP contribution >= 0.6 is 11.8 Å². The minimum atomic E-state index is -0.409. The summed E-state index contributed by atoms with van der Waals surface area (Å²) in [4.78, 5) is 36.4. The zero-order valence-corrected chi connectivity index (χ0v) is 16.5. The topological polar surface area (TPSA) is 117 Å². The van der Waals surface area contributed by atoms with Crippen LogP contribution in [0.3, 0.4) is 0 Å². The standard InChI is InChI=1S/C18H21N5O4S/c1-11-7-12(2)9-13(8-11)19-15(25)10-28-18-22-21-16(27-18)4-6-23-5-3-14(24)20-17(23)26/h7-9H,3-6,10H2,1-2H3,(H,19,25)(H,20,24,26). The van der Waals surface area contributed by atoms with Crippen molar-refractivity contribution in [2.24, 2.45) is 0 Å². The number of aromatic nitrogens is 2. The molecule has 1 fully saturated rings. The first-order valence-electron chi connectivity index (χ1n) is 8.81. The summed E-state index contributed by atoms with van der Waals surface area (Å²) in [6, 6.07) is 5.44. The van der Waals surface area contributed by atoms with E-state index in [1.165, 1.54) is 4.90 Å². The van der Waals surface area contributed by atoms with E-state index < -0.39 is 6.03 Å². The molecule has 1 aliphatic rings. The van der Waals surface area contributed by atoms with Crippen LogP contribution in [-0.4, -0.2) is 51.8 Å². The summed E-state index contributed by atoms with van der Waals surface area (Å²) in [6.07, 6.45) is 0.663. The fourth-order valence-corrected chi connectivity index (χ4v) is 3.39. The van der Waals surface area contributed by atoms with Crippen LogP contribution in [-0.2, 0) is 16.0 Å². The summed E-state index contributed by atoms with van der Waals surface area (Å²) in [5, 5.41) is 13.3. The fourth-order valence-electron chi connectivity index (χ4n) is 2.81. The molecule has 9 nitrogen and oxygen atoms in total. The predicted octanol–water partition coefficient (Wildman–Crippen LogP) is 1.90. The van der Waals surface area contributed by atoms with Crippen molar-refractivity contribution in [2.45, 2.75) is 31.9 Å². The highest BCUT2D eigenvalue weighted by molar-refractivity contribution is 7.99. The van der Waals surface area contributed by atoms with Gasteiger partial charge in [0.1, 0.15) is 0 Å². The molecule has 1 aromatic heterocycles. The maximum atomic E-state index is 12.1. The highest BCUT2D eigenvalue weighted by Crippen LogP contribution is 2.18. The summed E-state index contributed by atoms with van der Waals surface area (Å²) in [5.74, 6) is 0.0915. The van der Waals surface area contributed by atoms with Gasteiger partial charge in [-0.1, -0.05) is 17.8 Å². The minimum Gasteiger partial charge on any atom is -0.416 e. The van der Waals surface area contributed by atoms with E-state index >= 15 is 0 Å². The minimum absolute atomic E-state index is 0.144. The van der Waals surface area contributed by atoms with E-state index in [0.29, 0.717) is 30.6 Å². The number of rotatable bonds is 7. The molecule has 28 heavy (non-hydrogen) atoms. The summed E-state index contributed by atoms with van der Waals surface area (Å²) in [6.45, 7) is 4.70. The van der Waals surface area contributed by atoms with Crippen molar-refractivity contribution in [1.82, 2.24) is 20.4 Å². The van der Waals surface area contributed by atoms with Crippen LogP contribution in [0.1, 0.15) is 23.4 Å². The molecule has 3 rings (SSSR count). The van der Waals surface area contributed by atoms with Gasteiger partial charge >= 0.3 is 6.03 Å². The van der Waals surface area contributed by atoms with Gasteiger partial charge in [0, 0.05) is 31.6 Å². The Morgan fingerprint density at radius 3 is 2.71 bits per heavy atom. The molecule has 0 radical (unpaired) electrons. The third kappa shape index (κ3) is 5.56. The number of urea groups is 1. The van der Waals surface area contributed by atoms with Crippen molar-refractivity contribution in [3.8, 4) is 0 Å². The van der Waals surface area contributed by atoms with E-state index in [-0.39, 0.29) is 24.0 Å². The maximum Gasteiger partial charge on any atom is 0.324 e. The molecule has 1 saturated heterocycles. The van der Waals surface area contributed by atoms with Crippen molar-refractivity contribution in [2.75, 3.05) is 24.2 Å². The zero-order chi connectivity index (χ0) is 20.1. The average Bonchev–Trinajstić information content (AvgIpc) is 3.06. The summed E-state index contributed by atoms with van der Waals surface area (Å²) in [5.41, 5.74) is 2.92. The van der Waals surface area contributed by atoms with Crippen molar-refractivity contribution in [3.05, 3.63) is 35.2 Å². The molecule has 2 aromatic rings. The van der Waals surface area contributed by atoms with Crippen LogP contribution in [0.15, 0.2) is 27.8 Å². The Hall–Kier alpha value is -2.88. The molecule has 2 N–H and O–H groups in total. The fraction of sp³-hybridized carbons (Fsp3) is 0.389. The lowest BCUT2D eigenvalue weighted by atomic mass is 10.1. The molecule has 1 aromatic carbocycles. The summed E-state index contributed by atoms with van der Waals surface area (Å²) >= 11 is 1.15. The van der Waals surface area contributed by atoms with Crippen LogP contribution in [0.2, 0.25) is 0 Å². The molecule has 0 bridgehead atoms. The number of nitrogens with one attached hydrogen (secondary N) is 2. The molecule has 0 spiro atoms. The van der Waals surface area contributed by atoms with Crippen molar-refractivity contribution in [1.29, 1.82) is 0 Å². The Bertz CT molecular complexity index is 878. The smallest absolute Gasteiger partial charge is 0.324 e. The number of thioether (sulfide) groups is 1. The molecule has 1 aliphatic heterocycles. The normalized spacial score (nSPS) is 14.1. The number of aryl methyl sites for hydroxylation is 2. The number of carbonyl (C=O) groups excluding carboxylic acids is 3.